The molecule has 92 valence electrons. The van der Waals surface area contributed by atoms with E-state index in [2.05, 4.69) is 0 Å². The van der Waals surface area contributed by atoms with Crippen LogP contribution in [-0.2, 0) is 14.3 Å². The molecule has 0 bridgehead atoms. The van der Waals surface area contributed by atoms with E-state index in [9.17, 15) is 9.59 Å². The van der Waals surface area contributed by atoms with E-state index >= 15 is 0 Å². The minimum absolute atomic E-state index is 0.0364. The molecule has 1 rings (SSSR count). The topological polar surface area (TPSA) is 66.8 Å². The van der Waals surface area contributed by atoms with Crippen LogP contribution in [0.1, 0.15) is 26.7 Å². The van der Waals surface area contributed by atoms with Gasteiger partial charge in [-0.3, -0.25) is 9.59 Å². The molecule has 1 heterocycles. The molecule has 0 aromatic rings. The Bertz CT molecular complexity index is 259. The summed E-state index contributed by atoms with van der Waals surface area (Å²) in [5.74, 6) is -1.10. The van der Waals surface area contributed by atoms with Crippen molar-refractivity contribution in [3.63, 3.8) is 0 Å². The van der Waals surface area contributed by atoms with Crippen LogP contribution >= 0.6 is 0 Å². The maximum Gasteiger partial charge on any atom is 0.306 e. The van der Waals surface area contributed by atoms with Gasteiger partial charge in [-0.2, -0.15) is 0 Å². The molecule has 5 nitrogen and oxygen atoms in total. The molecule has 1 atom stereocenters. The normalized spacial score (nSPS) is 19.5. The molecule has 1 N–H and O–H groups in total. The fourth-order valence-corrected chi connectivity index (χ4v) is 1.93. The van der Waals surface area contributed by atoms with Crippen molar-refractivity contribution in [2.75, 3.05) is 19.7 Å². The summed E-state index contributed by atoms with van der Waals surface area (Å²) in [5, 5.41) is 8.83. The fourth-order valence-electron chi connectivity index (χ4n) is 1.93. The summed E-state index contributed by atoms with van der Waals surface area (Å²) in [6.07, 6.45) is 0.659. The predicted octanol–water partition coefficient (Wildman–Crippen LogP) is 0.735. The molecule has 5 heteroatoms. The number of carbonyl (C=O) groups excluding carboxylic acids is 1. The highest BCUT2D eigenvalue weighted by Crippen LogP contribution is 2.18. The molecule has 1 fully saturated rings. The van der Waals surface area contributed by atoms with E-state index in [1.807, 2.05) is 6.92 Å². The second-order valence-electron chi connectivity index (χ2n) is 4.04. The van der Waals surface area contributed by atoms with Crippen LogP contribution in [0.4, 0.5) is 0 Å². The van der Waals surface area contributed by atoms with Gasteiger partial charge in [0.15, 0.2) is 0 Å². The molecule has 0 aliphatic carbocycles. The Labute approximate surface area is 95.4 Å². The zero-order valence-electron chi connectivity index (χ0n) is 9.81. The second kappa shape index (κ2) is 5.84. The van der Waals surface area contributed by atoms with Gasteiger partial charge >= 0.3 is 5.97 Å². The lowest BCUT2D eigenvalue weighted by molar-refractivity contribution is -0.149. The van der Waals surface area contributed by atoms with Gasteiger partial charge in [-0.15, -0.1) is 0 Å². The van der Waals surface area contributed by atoms with E-state index in [-0.39, 0.29) is 11.8 Å². The van der Waals surface area contributed by atoms with Crippen LogP contribution in [-0.4, -0.2) is 47.7 Å². The standard InChI is InChI=1S/C11H19NO4/c1-3-16-8(2)10(13)12-6-4-9(5-7-12)11(14)15/h8-9H,3-7H2,1-2H3,(H,14,15). The van der Waals surface area contributed by atoms with E-state index in [0.717, 1.165) is 0 Å². The number of aliphatic carboxylic acids is 1. The molecular weight excluding hydrogens is 210 g/mol. The zero-order valence-corrected chi connectivity index (χ0v) is 9.81. The van der Waals surface area contributed by atoms with Crippen molar-refractivity contribution in [3.8, 4) is 0 Å². The van der Waals surface area contributed by atoms with Gasteiger partial charge in [-0.1, -0.05) is 0 Å². The molecular formula is C11H19NO4. The van der Waals surface area contributed by atoms with E-state index in [1.165, 1.54) is 0 Å². The van der Waals surface area contributed by atoms with E-state index < -0.39 is 12.1 Å². The van der Waals surface area contributed by atoms with Crippen LogP contribution in [0.2, 0.25) is 0 Å². The summed E-state index contributed by atoms with van der Waals surface area (Å²) in [4.78, 5) is 24.3. The highest BCUT2D eigenvalue weighted by molar-refractivity contribution is 5.81. The lowest BCUT2D eigenvalue weighted by Gasteiger charge is -2.31. The molecule has 16 heavy (non-hydrogen) atoms. The summed E-state index contributed by atoms with van der Waals surface area (Å²) >= 11 is 0. The van der Waals surface area contributed by atoms with Crippen LogP contribution in [0.3, 0.4) is 0 Å². The first-order valence-electron chi connectivity index (χ1n) is 5.69. The van der Waals surface area contributed by atoms with Crippen LogP contribution in [0, 0.1) is 5.92 Å². The van der Waals surface area contributed by atoms with Crippen molar-refractivity contribution in [1.29, 1.82) is 0 Å². The molecule has 1 saturated heterocycles. The van der Waals surface area contributed by atoms with Gasteiger partial charge in [0.25, 0.3) is 5.91 Å². The smallest absolute Gasteiger partial charge is 0.306 e. The van der Waals surface area contributed by atoms with Crippen molar-refractivity contribution in [1.82, 2.24) is 4.90 Å². The number of carboxylic acid groups (broad SMARTS) is 1. The number of rotatable bonds is 4. The molecule has 0 spiro atoms. The molecule has 1 aliphatic rings. The average Bonchev–Trinajstić information content (AvgIpc) is 2.28. The summed E-state index contributed by atoms with van der Waals surface area (Å²) in [5.41, 5.74) is 0. The van der Waals surface area contributed by atoms with Crippen LogP contribution in [0.5, 0.6) is 0 Å². The van der Waals surface area contributed by atoms with E-state index in [0.29, 0.717) is 32.5 Å². The quantitative estimate of drug-likeness (QED) is 0.772. The minimum atomic E-state index is -0.759. The van der Waals surface area contributed by atoms with Crippen molar-refractivity contribution in [2.24, 2.45) is 5.92 Å². The molecule has 1 amide bonds. The maximum absolute atomic E-state index is 11.8. The Morgan fingerprint density at radius 1 is 1.44 bits per heavy atom. The van der Waals surface area contributed by atoms with Gasteiger partial charge in [-0.25, -0.2) is 0 Å². The number of piperidine rings is 1. The summed E-state index contributed by atoms with van der Waals surface area (Å²) < 4.78 is 5.22. The first-order valence-corrected chi connectivity index (χ1v) is 5.69. The SMILES string of the molecule is CCOC(C)C(=O)N1CCC(C(=O)O)CC1. The van der Waals surface area contributed by atoms with Gasteiger partial charge in [0.2, 0.25) is 0 Å². The molecule has 0 aromatic heterocycles. The van der Waals surface area contributed by atoms with Gasteiger partial charge in [-0.05, 0) is 26.7 Å². The highest BCUT2D eigenvalue weighted by atomic mass is 16.5. The Balaban J connectivity index is 2.41. The first kappa shape index (κ1) is 13.0. The van der Waals surface area contributed by atoms with Crippen LogP contribution in [0.15, 0.2) is 0 Å². The van der Waals surface area contributed by atoms with Crippen molar-refractivity contribution >= 4 is 11.9 Å². The number of hydrogen-bond donors (Lipinski definition) is 1. The lowest BCUT2D eigenvalue weighted by atomic mass is 9.97. The van der Waals surface area contributed by atoms with Crippen molar-refractivity contribution in [3.05, 3.63) is 0 Å². The highest BCUT2D eigenvalue weighted by Gasteiger charge is 2.29. The third-order valence-corrected chi connectivity index (χ3v) is 2.92. The zero-order chi connectivity index (χ0) is 12.1. The minimum Gasteiger partial charge on any atom is -0.481 e. The number of carboxylic acids is 1. The number of amides is 1. The third-order valence-electron chi connectivity index (χ3n) is 2.92. The Morgan fingerprint density at radius 2 is 2.00 bits per heavy atom. The summed E-state index contributed by atoms with van der Waals surface area (Å²) in [6, 6.07) is 0. The Morgan fingerprint density at radius 3 is 2.44 bits per heavy atom. The van der Waals surface area contributed by atoms with E-state index in [1.54, 1.807) is 11.8 Å². The van der Waals surface area contributed by atoms with Crippen molar-refractivity contribution in [2.45, 2.75) is 32.8 Å². The largest absolute Gasteiger partial charge is 0.481 e. The van der Waals surface area contributed by atoms with Crippen LogP contribution < -0.4 is 0 Å². The number of ether oxygens (including phenoxy) is 1. The molecule has 0 radical (unpaired) electrons. The van der Waals surface area contributed by atoms with Crippen molar-refractivity contribution < 1.29 is 19.4 Å². The maximum atomic E-state index is 11.8. The molecule has 0 saturated carbocycles. The second-order valence-corrected chi connectivity index (χ2v) is 4.04. The van der Waals surface area contributed by atoms with Gasteiger partial charge < -0.3 is 14.7 Å². The Hall–Kier alpha value is -1.10. The Kier molecular flexibility index (Phi) is 4.73. The third kappa shape index (κ3) is 3.20. The number of nitrogens with zero attached hydrogens (tertiary/aromatic N) is 1. The molecule has 1 unspecified atom stereocenters. The first-order chi connectivity index (χ1) is 7.56. The van der Waals surface area contributed by atoms with Gasteiger partial charge in [0.1, 0.15) is 6.10 Å². The average molecular weight is 229 g/mol. The van der Waals surface area contributed by atoms with E-state index in [4.69, 9.17) is 9.84 Å². The monoisotopic (exact) mass is 229 g/mol. The van der Waals surface area contributed by atoms with Crippen LogP contribution in [0.25, 0.3) is 0 Å². The fraction of sp³-hybridized carbons (Fsp3) is 0.818. The number of carbonyl (C=O) groups is 2. The number of hydrogen-bond acceptors (Lipinski definition) is 3. The molecule has 0 aromatic carbocycles. The summed E-state index contributed by atoms with van der Waals surface area (Å²) in [6.45, 7) is 5.13. The predicted molar refractivity (Wildman–Crippen MR) is 58.0 cm³/mol. The van der Waals surface area contributed by atoms with Gasteiger partial charge in [0, 0.05) is 19.7 Å². The lowest BCUT2D eigenvalue weighted by Crippen LogP contribution is -2.44. The molecule has 1 aliphatic heterocycles. The van der Waals surface area contributed by atoms with Gasteiger partial charge in [0.05, 0.1) is 5.92 Å². The number of likely N-dealkylation sites (tertiary alicyclic amines) is 1. The summed E-state index contributed by atoms with van der Waals surface area (Å²) in [7, 11) is 0.